The number of aryl methyl sites for hydroxylation is 2. The van der Waals surface area contributed by atoms with Crippen molar-refractivity contribution >= 4 is 21.6 Å². The molecule has 0 fully saturated rings. The van der Waals surface area contributed by atoms with Gasteiger partial charge in [0.2, 0.25) is 0 Å². The normalized spacial score (nSPS) is 14.1. The minimum atomic E-state index is -0.00537. The fourth-order valence-corrected chi connectivity index (χ4v) is 3.75. The molecule has 0 saturated carbocycles. The van der Waals surface area contributed by atoms with Crippen molar-refractivity contribution in [3.63, 3.8) is 0 Å². The van der Waals surface area contributed by atoms with Crippen molar-refractivity contribution in [2.45, 2.75) is 25.8 Å². The molecule has 3 aromatic rings. The summed E-state index contributed by atoms with van der Waals surface area (Å²) in [5, 5.41) is 14.4. The SMILES string of the molecule is O=c1c2c3c(sc2ncn1Cc1nn[nH]n1)CCC3. The predicted octanol–water partition coefficient (Wildman–Crippen LogP) is 0.508. The monoisotopic (exact) mass is 274 g/mol. The molecule has 1 N–H and O–H groups in total. The maximum Gasteiger partial charge on any atom is 0.262 e. The van der Waals surface area contributed by atoms with Gasteiger partial charge in [-0.25, -0.2) is 4.98 Å². The summed E-state index contributed by atoms with van der Waals surface area (Å²) in [6.07, 6.45) is 4.75. The number of fused-ring (bicyclic) bond motifs is 3. The molecule has 0 aromatic carbocycles. The molecule has 0 radical (unpaired) electrons. The Kier molecular flexibility index (Phi) is 2.25. The van der Waals surface area contributed by atoms with Gasteiger partial charge >= 0.3 is 0 Å². The van der Waals surface area contributed by atoms with Crippen LogP contribution in [0, 0.1) is 0 Å². The molecular weight excluding hydrogens is 264 g/mol. The first kappa shape index (κ1) is 10.8. The van der Waals surface area contributed by atoms with Gasteiger partial charge in [-0.3, -0.25) is 9.36 Å². The van der Waals surface area contributed by atoms with Crippen molar-refractivity contribution in [3.8, 4) is 0 Å². The molecule has 19 heavy (non-hydrogen) atoms. The second kappa shape index (κ2) is 3.95. The van der Waals surface area contributed by atoms with Crippen LogP contribution in [-0.4, -0.2) is 30.2 Å². The van der Waals surface area contributed by atoms with E-state index < -0.39 is 0 Å². The fourth-order valence-electron chi connectivity index (χ4n) is 2.53. The number of tetrazole rings is 1. The summed E-state index contributed by atoms with van der Waals surface area (Å²) in [6, 6.07) is 0. The molecule has 8 heteroatoms. The molecule has 0 unspecified atom stereocenters. The Labute approximate surface area is 111 Å². The third kappa shape index (κ3) is 1.60. The smallest absolute Gasteiger partial charge is 0.262 e. The average molecular weight is 274 g/mol. The Bertz CT molecular complexity index is 803. The van der Waals surface area contributed by atoms with Crippen LogP contribution in [0.1, 0.15) is 22.7 Å². The molecule has 96 valence electrons. The standard InChI is InChI=1S/C11H10N6OS/c18-11-9-6-2-1-3-7(6)19-10(9)12-5-17(11)4-8-13-15-16-14-8/h5H,1-4H2,(H,13,14,15,16). The van der Waals surface area contributed by atoms with Crippen LogP contribution in [-0.2, 0) is 19.4 Å². The number of hydrogen-bond acceptors (Lipinski definition) is 6. The Hall–Kier alpha value is -2.09. The van der Waals surface area contributed by atoms with Gasteiger partial charge in [0.05, 0.1) is 18.3 Å². The van der Waals surface area contributed by atoms with E-state index in [1.807, 2.05) is 0 Å². The summed E-state index contributed by atoms with van der Waals surface area (Å²) in [7, 11) is 0. The summed E-state index contributed by atoms with van der Waals surface area (Å²) in [6.45, 7) is 0.295. The van der Waals surface area contributed by atoms with Crippen LogP contribution in [0.2, 0.25) is 0 Å². The van der Waals surface area contributed by atoms with E-state index >= 15 is 0 Å². The molecule has 0 saturated heterocycles. The predicted molar refractivity (Wildman–Crippen MR) is 69.2 cm³/mol. The van der Waals surface area contributed by atoms with Gasteiger partial charge in [0.25, 0.3) is 5.56 Å². The molecule has 3 heterocycles. The number of aromatic amines is 1. The minimum Gasteiger partial charge on any atom is -0.291 e. The zero-order valence-corrected chi connectivity index (χ0v) is 10.8. The van der Waals surface area contributed by atoms with Crippen molar-refractivity contribution in [1.82, 2.24) is 30.2 Å². The summed E-state index contributed by atoms with van der Waals surface area (Å²) in [5.74, 6) is 0.482. The zero-order valence-electron chi connectivity index (χ0n) is 9.96. The number of thiophene rings is 1. The number of H-pyrrole nitrogens is 1. The second-order valence-electron chi connectivity index (χ2n) is 4.54. The van der Waals surface area contributed by atoms with Gasteiger partial charge in [-0.15, -0.1) is 21.5 Å². The van der Waals surface area contributed by atoms with Crippen LogP contribution in [0.4, 0.5) is 0 Å². The lowest BCUT2D eigenvalue weighted by atomic mass is 10.2. The van der Waals surface area contributed by atoms with Gasteiger partial charge in [-0.2, -0.15) is 5.21 Å². The lowest BCUT2D eigenvalue weighted by Crippen LogP contribution is -2.21. The van der Waals surface area contributed by atoms with Gasteiger partial charge in [0.15, 0.2) is 5.82 Å². The molecule has 0 bridgehead atoms. The Balaban J connectivity index is 1.89. The van der Waals surface area contributed by atoms with E-state index in [9.17, 15) is 4.79 Å². The number of nitrogens with one attached hydrogen (secondary N) is 1. The fraction of sp³-hybridized carbons (Fsp3) is 0.364. The molecule has 0 amide bonds. The largest absolute Gasteiger partial charge is 0.291 e. The van der Waals surface area contributed by atoms with Gasteiger partial charge in [0.1, 0.15) is 4.83 Å². The Morgan fingerprint density at radius 1 is 1.42 bits per heavy atom. The van der Waals surface area contributed by atoms with Crippen LogP contribution in [0.3, 0.4) is 0 Å². The molecule has 3 aromatic heterocycles. The number of aromatic nitrogens is 6. The average Bonchev–Trinajstić information content (AvgIpc) is 3.08. The summed E-state index contributed by atoms with van der Waals surface area (Å²) < 4.78 is 1.54. The highest BCUT2D eigenvalue weighted by molar-refractivity contribution is 7.18. The van der Waals surface area contributed by atoms with E-state index in [0.717, 1.165) is 29.5 Å². The van der Waals surface area contributed by atoms with Crippen LogP contribution < -0.4 is 5.56 Å². The van der Waals surface area contributed by atoms with E-state index in [4.69, 9.17) is 0 Å². The van der Waals surface area contributed by atoms with E-state index in [2.05, 4.69) is 25.6 Å². The molecule has 1 aliphatic carbocycles. The first-order valence-electron chi connectivity index (χ1n) is 6.05. The third-order valence-electron chi connectivity index (χ3n) is 3.39. The quantitative estimate of drug-likeness (QED) is 0.735. The first-order valence-corrected chi connectivity index (χ1v) is 6.86. The van der Waals surface area contributed by atoms with E-state index in [-0.39, 0.29) is 5.56 Å². The van der Waals surface area contributed by atoms with Crippen LogP contribution in [0.25, 0.3) is 10.2 Å². The molecular formula is C11H10N6OS. The van der Waals surface area contributed by atoms with E-state index in [1.165, 1.54) is 10.4 Å². The molecule has 7 nitrogen and oxygen atoms in total. The molecule has 0 spiro atoms. The van der Waals surface area contributed by atoms with Gasteiger partial charge < -0.3 is 0 Å². The maximum atomic E-state index is 12.5. The van der Waals surface area contributed by atoms with Crippen LogP contribution in [0.5, 0.6) is 0 Å². The lowest BCUT2D eigenvalue weighted by Gasteiger charge is -2.02. The van der Waals surface area contributed by atoms with Crippen LogP contribution in [0.15, 0.2) is 11.1 Å². The molecule has 0 aliphatic heterocycles. The zero-order chi connectivity index (χ0) is 12.8. The van der Waals surface area contributed by atoms with Gasteiger partial charge in [-0.1, -0.05) is 5.21 Å². The molecule has 0 atom stereocenters. The molecule has 4 rings (SSSR count). The minimum absolute atomic E-state index is 0.00537. The number of rotatable bonds is 2. The number of nitrogens with zero attached hydrogens (tertiary/aromatic N) is 5. The van der Waals surface area contributed by atoms with E-state index in [1.54, 1.807) is 22.2 Å². The highest BCUT2D eigenvalue weighted by atomic mass is 32.1. The van der Waals surface area contributed by atoms with Crippen molar-refractivity contribution in [2.24, 2.45) is 0 Å². The first-order chi connectivity index (χ1) is 9.33. The Morgan fingerprint density at radius 3 is 3.21 bits per heavy atom. The summed E-state index contributed by atoms with van der Waals surface area (Å²) >= 11 is 1.64. The molecule has 1 aliphatic rings. The lowest BCUT2D eigenvalue weighted by molar-refractivity contribution is 0.708. The van der Waals surface area contributed by atoms with Gasteiger partial charge in [0, 0.05) is 4.88 Å². The Morgan fingerprint density at radius 2 is 2.37 bits per heavy atom. The summed E-state index contributed by atoms with van der Waals surface area (Å²) in [5.41, 5.74) is 1.19. The van der Waals surface area contributed by atoms with Gasteiger partial charge in [-0.05, 0) is 24.8 Å². The van der Waals surface area contributed by atoms with Crippen molar-refractivity contribution < 1.29 is 0 Å². The topological polar surface area (TPSA) is 89.4 Å². The summed E-state index contributed by atoms with van der Waals surface area (Å²) in [4.78, 5) is 19.1. The van der Waals surface area contributed by atoms with Crippen molar-refractivity contribution in [1.29, 1.82) is 0 Å². The van der Waals surface area contributed by atoms with E-state index in [0.29, 0.717) is 12.4 Å². The van der Waals surface area contributed by atoms with Crippen molar-refractivity contribution in [3.05, 3.63) is 32.9 Å². The van der Waals surface area contributed by atoms with Crippen molar-refractivity contribution in [2.75, 3.05) is 0 Å². The van der Waals surface area contributed by atoms with Crippen LogP contribution >= 0.6 is 11.3 Å². The third-order valence-corrected chi connectivity index (χ3v) is 4.59. The highest BCUT2D eigenvalue weighted by Crippen LogP contribution is 2.34. The maximum absolute atomic E-state index is 12.5. The number of hydrogen-bond donors (Lipinski definition) is 1. The second-order valence-corrected chi connectivity index (χ2v) is 5.63. The highest BCUT2D eigenvalue weighted by Gasteiger charge is 2.21.